The molecule has 0 bridgehead atoms. The Hall–Kier alpha value is -2.43. The van der Waals surface area contributed by atoms with Crippen molar-refractivity contribution in [2.24, 2.45) is 0 Å². The van der Waals surface area contributed by atoms with Crippen LogP contribution in [0, 0.1) is 0 Å². The Morgan fingerprint density at radius 2 is 2.10 bits per heavy atom. The van der Waals surface area contributed by atoms with Gasteiger partial charge in [-0.2, -0.15) is 0 Å². The molecular weight excluding hydrogens is 256 g/mol. The molecule has 5 heteroatoms. The van der Waals surface area contributed by atoms with E-state index in [1.54, 1.807) is 6.92 Å². The molecule has 1 aromatic carbocycles. The summed E-state index contributed by atoms with van der Waals surface area (Å²) >= 11 is 0. The summed E-state index contributed by atoms with van der Waals surface area (Å²) < 4.78 is 10.7. The summed E-state index contributed by atoms with van der Waals surface area (Å²) in [6, 6.07) is 7.38. The minimum Gasteiger partial charge on any atom is -0.486 e. The molecule has 0 amide bonds. The summed E-state index contributed by atoms with van der Waals surface area (Å²) in [5.41, 5.74) is 0.783. The maximum absolute atomic E-state index is 11.9. The van der Waals surface area contributed by atoms with Crippen LogP contribution in [0.5, 0.6) is 5.75 Å². The summed E-state index contributed by atoms with van der Waals surface area (Å²) in [5, 5.41) is 8.70. The Balaban J connectivity index is 2.49. The molecule has 0 radical (unpaired) electrons. The van der Waals surface area contributed by atoms with Gasteiger partial charge in [-0.25, -0.2) is 4.79 Å². The van der Waals surface area contributed by atoms with Gasteiger partial charge in [-0.1, -0.05) is 24.3 Å². The molecule has 0 saturated carbocycles. The molecule has 0 unspecified atom stereocenters. The third-order valence-electron chi connectivity index (χ3n) is 2.65. The first-order valence-electron chi connectivity index (χ1n) is 6.44. The van der Waals surface area contributed by atoms with Gasteiger partial charge in [0, 0.05) is 5.39 Å². The number of allylic oxidation sites excluding steroid dienone is 1. The van der Waals surface area contributed by atoms with Crippen LogP contribution in [-0.4, -0.2) is 29.4 Å². The van der Waals surface area contributed by atoms with E-state index in [9.17, 15) is 4.79 Å². The fourth-order valence-electron chi connectivity index (χ4n) is 1.74. The molecule has 5 nitrogen and oxygen atoms in total. The maximum atomic E-state index is 11.9. The summed E-state index contributed by atoms with van der Waals surface area (Å²) in [6.07, 6.45) is 3.73. The number of ether oxygens (including phenoxy) is 2. The van der Waals surface area contributed by atoms with Crippen LogP contribution >= 0.6 is 0 Å². The van der Waals surface area contributed by atoms with Crippen molar-refractivity contribution in [3.63, 3.8) is 0 Å². The lowest BCUT2D eigenvalue weighted by Gasteiger charge is -2.10. The van der Waals surface area contributed by atoms with E-state index in [4.69, 9.17) is 9.47 Å². The van der Waals surface area contributed by atoms with Gasteiger partial charge in [-0.05, 0) is 26.0 Å². The number of esters is 1. The molecule has 0 spiro atoms. The smallest absolute Gasteiger partial charge is 0.362 e. The Labute approximate surface area is 117 Å². The quantitative estimate of drug-likeness (QED) is 0.618. The van der Waals surface area contributed by atoms with Crippen LogP contribution in [0.15, 0.2) is 36.4 Å². The van der Waals surface area contributed by atoms with Crippen molar-refractivity contribution >= 4 is 16.9 Å². The lowest BCUT2D eigenvalue weighted by molar-refractivity contribution is 0.0514. The molecule has 1 heterocycles. The van der Waals surface area contributed by atoms with E-state index in [-0.39, 0.29) is 12.3 Å². The zero-order valence-corrected chi connectivity index (χ0v) is 11.5. The van der Waals surface area contributed by atoms with Gasteiger partial charge < -0.3 is 9.47 Å². The van der Waals surface area contributed by atoms with Crippen molar-refractivity contribution in [2.45, 2.75) is 13.8 Å². The highest BCUT2D eigenvalue weighted by Gasteiger charge is 2.19. The monoisotopic (exact) mass is 272 g/mol. The fraction of sp³-hybridized carbons (Fsp3) is 0.267. The Morgan fingerprint density at radius 1 is 1.30 bits per heavy atom. The van der Waals surface area contributed by atoms with E-state index in [0.29, 0.717) is 17.9 Å². The predicted molar refractivity (Wildman–Crippen MR) is 75.8 cm³/mol. The molecule has 2 rings (SSSR count). The number of carbonyl (C=O) groups is 1. The number of rotatable bonds is 5. The molecule has 0 N–H and O–H groups in total. The first kappa shape index (κ1) is 14.0. The average Bonchev–Trinajstić information content (AvgIpc) is 2.47. The first-order chi connectivity index (χ1) is 9.77. The molecular formula is C15H16N2O3. The molecule has 1 aromatic heterocycles. The minimum atomic E-state index is -0.527. The second-order valence-electron chi connectivity index (χ2n) is 4.00. The molecule has 20 heavy (non-hydrogen) atoms. The number of nitrogens with zero attached hydrogens (tertiary/aromatic N) is 2. The lowest BCUT2D eigenvalue weighted by atomic mass is 10.2. The fourth-order valence-corrected chi connectivity index (χ4v) is 1.74. The average molecular weight is 272 g/mol. The van der Waals surface area contributed by atoms with Crippen molar-refractivity contribution < 1.29 is 14.3 Å². The van der Waals surface area contributed by atoms with E-state index >= 15 is 0 Å². The van der Waals surface area contributed by atoms with Gasteiger partial charge in [0.15, 0.2) is 5.75 Å². The van der Waals surface area contributed by atoms with Gasteiger partial charge in [0.2, 0.25) is 5.69 Å². The van der Waals surface area contributed by atoms with Crippen LogP contribution in [0.4, 0.5) is 0 Å². The summed E-state index contributed by atoms with van der Waals surface area (Å²) in [5.74, 6) is -0.117. The summed E-state index contributed by atoms with van der Waals surface area (Å²) in [7, 11) is 0. The van der Waals surface area contributed by atoms with Crippen LogP contribution < -0.4 is 4.74 Å². The minimum absolute atomic E-state index is 0.107. The maximum Gasteiger partial charge on any atom is 0.362 e. The third-order valence-corrected chi connectivity index (χ3v) is 2.65. The molecule has 0 aliphatic carbocycles. The van der Waals surface area contributed by atoms with Gasteiger partial charge >= 0.3 is 5.97 Å². The number of benzene rings is 1. The van der Waals surface area contributed by atoms with E-state index in [1.807, 2.05) is 43.3 Å². The topological polar surface area (TPSA) is 61.3 Å². The van der Waals surface area contributed by atoms with E-state index in [2.05, 4.69) is 10.2 Å². The predicted octanol–water partition coefficient (Wildman–Crippen LogP) is 2.76. The molecule has 0 fully saturated rings. The van der Waals surface area contributed by atoms with Crippen molar-refractivity contribution in [2.75, 3.05) is 13.2 Å². The van der Waals surface area contributed by atoms with Gasteiger partial charge in [0.25, 0.3) is 0 Å². The highest BCUT2D eigenvalue weighted by molar-refractivity contribution is 5.97. The highest BCUT2D eigenvalue weighted by atomic mass is 16.5. The number of aromatic nitrogens is 2. The van der Waals surface area contributed by atoms with Gasteiger partial charge in [0.1, 0.15) is 6.61 Å². The van der Waals surface area contributed by atoms with Crippen molar-refractivity contribution in [1.29, 1.82) is 0 Å². The largest absolute Gasteiger partial charge is 0.486 e. The molecule has 2 aromatic rings. The Morgan fingerprint density at radius 3 is 2.85 bits per heavy atom. The highest BCUT2D eigenvalue weighted by Crippen LogP contribution is 2.27. The lowest BCUT2D eigenvalue weighted by Crippen LogP contribution is -2.12. The Bertz CT molecular complexity index is 638. The first-order valence-corrected chi connectivity index (χ1v) is 6.44. The molecule has 0 atom stereocenters. The SMILES string of the molecule is CC=CCOc1c(C(=O)OCC)nnc2ccccc12. The number of hydrogen-bond donors (Lipinski definition) is 0. The van der Waals surface area contributed by atoms with Crippen LogP contribution in [0.1, 0.15) is 24.3 Å². The molecule has 0 aliphatic heterocycles. The van der Waals surface area contributed by atoms with E-state index < -0.39 is 5.97 Å². The molecule has 104 valence electrons. The van der Waals surface area contributed by atoms with Gasteiger partial charge in [-0.3, -0.25) is 0 Å². The zero-order valence-electron chi connectivity index (χ0n) is 11.5. The summed E-state index contributed by atoms with van der Waals surface area (Å²) in [4.78, 5) is 11.9. The van der Waals surface area contributed by atoms with Crippen LogP contribution in [0.2, 0.25) is 0 Å². The summed E-state index contributed by atoms with van der Waals surface area (Å²) in [6.45, 7) is 4.28. The molecule has 0 saturated heterocycles. The van der Waals surface area contributed by atoms with Crippen LogP contribution in [0.3, 0.4) is 0 Å². The van der Waals surface area contributed by atoms with Crippen molar-refractivity contribution in [3.05, 3.63) is 42.1 Å². The van der Waals surface area contributed by atoms with Crippen LogP contribution in [-0.2, 0) is 4.74 Å². The molecule has 0 aliphatic rings. The standard InChI is InChI=1S/C15H16N2O3/c1-3-5-10-20-14-11-8-6-7-9-12(11)16-17-13(14)15(18)19-4-2/h3,5-9H,4,10H2,1-2H3. The second-order valence-corrected chi connectivity index (χ2v) is 4.00. The van der Waals surface area contributed by atoms with Gasteiger partial charge in [-0.15, -0.1) is 10.2 Å². The van der Waals surface area contributed by atoms with E-state index in [1.165, 1.54) is 0 Å². The number of hydrogen-bond acceptors (Lipinski definition) is 5. The third kappa shape index (κ3) is 2.93. The number of carbonyl (C=O) groups excluding carboxylic acids is 1. The second kappa shape index (κ2) is 6.65. The van der Waals surface area contributed by atoms with Gasteiger partial charge in [0.05, 0.1) is 12.1 Å². The van der Waals surface area contributed by atoms with Crippen molar-refractivity contribution in [1.82, 2.24) is 10.2 Å². The Kier molecular flexibility index (Phi) is 4.65. The normalized spacial score (nSPS) is 10.9. The van der Waals surface area contributed by atoms with Crippen molar-refractivity contribution in [3.8, 4) is 5.75 Å². The van der Waals surface area contributed by atoms with Crippen LogP contribution in [0.25, 0.3) is 10.9 Å². The van der Waals surface area contributed by atoms with E-state index in [0.717, 1.165) is 5.39 Å². The zero-order chi connectivity index (χ0) is 14.4. The number of fused-ring (bicyclic) bond motifs is 1.